The zero-order valence-corrected chi connectivity index (χ0v) is 16.9. The summed E-state index contributed by atoms with van der Waals surface area (Å²) in [7, 11) is 0. The summed E-state index contributed by atoms with van der Waals surface area (Å²) in [5.74, 6) is 0.316. The zero-order chi connectivity index (χ0) is 19.9. The number of alkyl halides is 3. The standard InChI is InChI=1S/C21H31F3N4/c1-3-6-18-15-9-16(19-7-4-5-8-28(18)19)12-27(11-15)13-17-10-25-20(21(22,23)24)26-14(17)2/h10,15-16,18-19H,3-9,11-13H2,1-2H3/t15-,16+,18-,19-/m0/s1. The van der Waals surface area contributed by atoms with E-state index in [1.807, 2.05) is 0 Å². The van der Waals surface area contributed by atoms with Gasteiger partial charge < -0.3 is 0 Å². The molecule has 0 aliphatic carbocycles. The van der Waals surface area contributed by atoms with Gasteiger partial charge >= 0.3 is 6.18 Å². The molecule has 0 spiro atoms. The van der Waals surface area contributed by atoms with Crippen LogP contribution in [0.5, 0.6) is 0 Å². The molecule has 3 fully saturated rings. The predicted molar refractivity (Wildman–Crippen MR) is 102 cm³/mol. The summed E-state index contributed by atoms with van der Waals surface area (Å²) in [6, 6.07) is 1.36. The Bertz CT molecular complexity index is 693. The van der Waals surface area contributed by atoms with Crippen LogP contribution in [0.15, 0.2) is 6.20 Å². The van der Waals surface area contributed by atoms with E-state index >= 15 is 0 Å². The fourth-order valence-electron chi connectivity index (χ4n) is 5.85. The molecule has 3 aliphatic rings. The molecule has 28 heavy (non-hydrogen) atoms. The Labute approximate surface area is 165 Å². The molecule has 3 aliphatic heterocycles. The van der Waals surface area contributed by atoms with Crippen molar-refractivity contribution < 1.29 is 13.2 Å². The normalized spacial score (nSPS) is 31.6. The van der Waals surface area contributed by atoms with E-state index in [1.165, 1.54) is 51.3 Å². The van der Waals surface area contributed by atoms with Crippen LogP contribution in [0.3, 0.4) is 0 Å². The van der Waals surface area contributed by atoms with Gasteiger partial charge in [0.1, 0.15) is 0 Å². The second-order valence-corrected chi connectivity index (χ2v) is 8.91. The highest BCUT2D eigenvalue weighted by Gasteiger charge is 2.46. The van der Waals surface area contributed by atoms with Gasteiger partial charge in [-0.1, -0.05) is 19.8 Å². The third kappa shape index (κ3) is 3.92. The second kappa shape index (κ2) is 7.90. The number of rotatable bonds is 4. The average molecular weight is 397 g/mol. The third-order valence-electron chi connectivity index (χ3n) is 7.01. The van der Waals surface area contributed by atoms with Gasteiger partial charge in [0.15, 0.2) is 0 Å². The first-order chi connectivity index (χ1) is 13.4. The van der Waals surface area contributed by atoms with Gasteiger partial charge in [0.25, 0.3) is 0 Å². The molecule has 0 N–H and O–H groups in total. The van der Waals surface area contributed by atoms with Crippen molar-refractivity contribution in [1.82, 2.24) is 19.8 Å². The number of hydrogen-bond donors (Lipinski definition) is 0. The Kier molecular flexibility index (Phi) is 5.67. The molecule has 2 bridgehead atoms. The first kappa shape index (κ1) is 20.1. The molecule has 156 valence electrons. The summed E-state index contributed by atoms with van der Waals surface area (Å²) in [6.45, 7) is 7.91. The Morgan fingerprint density at radius 3 is 2.68 bits per heavy atom. The molecular weight excluding hydrogens is 365 g/mol. The lowest BCUT2D eigenvalue weighted by Crippen LogP contribution is -2.63. The SMILES string of the molecule is CCC[C@H]1[C@H]2C[C@H](CN(Cc3cnc(C(F)(F)F)nc3C)C2)[C@@H]2CCCCN21. The van der Waals surface area contributed by atoms with Crippen LogP contribution in [-0.4, -0.2) is 51.5 Å². The van der Waals surface area contributed by atoms with E-state index in [1.54, 1.807) is 6.92 Å². The molecule has 3 saturated heterocycles. The maximum Gasteiger partial charge on any atom is 0.451 e. The molecule has 0 amide bonds. The number of aromatic nitrogens is 2. The summed E-state index contributed by atoms with van der Waals surface area (Å²) >= 11 is 0. The molecule has 1 aromatic heterocycles. The van der Waals surface area contributed by atoms with E-state index < -0.39 is 12.0 Å². The Morgan fingerprint density at radius 2 is 1.96 bits per heavy atom. The van der Waals surface area contributed by atoms with Crippen LogP contribution in [0.25, 0.3) is 0 Å². The minimum absolute atomic E-state index is 0.447. The van der Waals surface area contributed by atoms with Gasteiger partial charge in [-0.05, 0) is 51.0 Å². The first-order valence-corrected chi connectivity index (χ1v) is 10.7. The lowest BCUT2D eigenvalue weighted by Gasteiger charge is -2.57. The molecule has 1 aromatic rings. The minimum atomic E-state index is -4.48. The maximum absolute atomic E-state index is 12.8. The Balaban J connectivity index is 1.50. The van der Waals surface area contributed by atoms with Crippen molar-refractivity contribution in [2.45, 2.75) is 77.2 Å². The average Bonchev–Trinajstić information content (AvgIpc) is 2.66. The summed E-state index contributed by atoms with van der Waals surface area (Å²) < 4.78 is 38.5. The van der Waals surface area contributed by atoms with Gasteiger partial charge in [0.2, 0.25) is 5.82 Å². The lowest BCUT2D eigenvalue weighted by molar-refractivity contribution is -0.145. The molecule has 0 unspecified atom stereocenters. The number of likely N-dealkylation sites (tertiary alicyclic amines) is 1. The molecule has 4 atom stereocenters. The molecule has 4 rings (SSSR count). The van der Waals surface area contributed by atoms with Crippen molar-refractivity contribution in [2.75, 3.05) is 19.6 Å². The number of nitrogens with zero attached hydrogens (tertiary/aromatic N) is 4. The van der Waals surface area contributed by atoms with Crippen molar-refractivity contribution >= 4 is 0 Å². The van der Waals surface area contributed by atoms with Gasteiger partial charge in [-0.3, -0.25) is 9.80 Å². The van der Waals surface area contributed by atoms with Crippen LogP contribution in [0, 0.1) is 18.8 Å². The summed E-state index contributed by atoms with van der Waals surface area (Å²) in [4.78, 5) is 12.6. The highest BCUT2D eigenvalue weighted by atomic mass is 19.4. The van der Waals surface area contributed by atoms with Crippen LogP contribution < -0.4 is 0 Å². The van der Waals surface area contributed by atoms with Gasteiger partial charge in [-0.2, -0.15) is 13.2 Å². The van der Waals surface area contributed by atoms with Crippen LogP contribution >= 0.6 is 0 Å². The van der Waals surface area contributed by atoms with E-state index in [2.05, 4.69) is 26.7 Å². The highest BCUT2D eigenvalue weighted by molar-refractivity contribution is 5.17. The topological polar surface area (TPSA) is 32.3 Å². The van der Waals surface area contributed by atoms with Crippen LogP contribution in [-0.2, 0) is 12.7 Å². The Morgan fingerprint density at radius 1 is 1.18 bits per heavy atom. The molecule has 7 heteroatoms. The van der Waals surface area contributed by atoms with E-state index in [4.69, 9.17) is 0 Å². The van der Waals surface area contributed by atoms with Gasteiger partial charge in [-0.15, -0.1) is 0 Å². The van der Waals surface area contributed by atoms with Crippen LogP contribution in [0.1, 0.15) is 62.5 Å². The highest BCUT2D eigenvalue weighted by Crippen LogP contribution is 2.42. The van der Waals surface area contributed by atoms with Gasteiger partial charge in [0.05, 0.1) is 0 Å². The molecule has 0 saturated carbocycles. The van der Waals surface area contributed by atoms with Gasteiger partial charge in [-0.25, -0.2) is 9.97 Å². The van der Waals surface area contributed by atoms with Crippen molar-refractivity contribution in [2.24, 2.45) is 11.8 Å². The van der Waals surface area contributed by atoms with E-state index in [0.717, 1.165) is 18.7 Å². The molecule has 4 nitrogen and oxygen atoms in total. The number of aryl methyl sites for hydroxylation is 1. The molecular formula is C21H31F3N4. The molecule has 0 radical (unpaired) electrons. The largest absolute Gasteiger partial charge is 0.451 e. The number of fused-ring (bicyclic) bond motifs is 4. The lowest BCUT2D eigenvalue weighted by atomic mass is 9.71. The monoisotopic (exact) mass is 396 g/mol. The fraction of sp³-hybridized carbons (Fsp3) is 0.810. The van der Waals surface area contributed by atoms with Gasteiger partial charge in [0, 0.05) is 49.2 Å². The van der Waals surface area contributed by atoms with E-state index in [0.29, 0.717) is 36.2 Å². The number of hydrogen-bond acceptors (Lipinski definition) is 4. The van der Waals surface area contributed by atoms with E-state index in [-0.39, 0.29) is 0 Å². The molecule has 0 aromatic carbocycles. The van der Waals surface area contributed by atoms with Crippen molar-refractivity contribution in [3.63, 3.8) is 0 Å². The number of piperidine rings is 3. The third-order valence-corrected chi connectivity index (χ3v) is 7.01. The Hall–Kier alpha value is -1.21. The summed E-state index contributed by atoms with van der Waals surface area (Å²) in [5, 5.41) is 0. The van der Waals surface area contributed by atoms with Crippen molar-refractivity contribution in [1.29, 1.82) is 0 Å². The quantitative estimate of drug-likeness (QED) is 0.761. The number of halogens is 3. The van der Waals surface area contributed by atoms with E-state index in [9.17, 15) is 13.2 Å². The van der Waals surface area contributed by atoms with Crippen LogP contribution in [0.4, 0.5) is 13.2 Å². The minimum Gasteiger partial charge on any atom is -0.298 e. The first-order valence-electron chi connectivity index (χ1n) is 10.7. The second-order valence-electron chi connectivity index (χ2n) is 8.91. The summed E-state index contributed by atoms with van der Waals surface area (Å²) in [6.07, 6.45) is 4.62. The summed E-state index contributed by atoms with van der Waals surface area (Å²) in [5.41, 5.74) is 1.27. The predicted octanol–water partition coefficient (Wildman–Crippen LogP) is 4.28. The smallest absolute Gasteiger partial charge is 0.298 e. The van der Waals surface area contributed by atoms with Crippen LogP contribution in [0.2, 0.25) is 0 Å². The maximum atomic E-state index is 12.8. The fourth-order valence-corrected chi connectivity index (χ4v) is 5.85. The van der Waals surface area contributed by atoms with Crippen molar-refractivity contribution in [3.8, 4) is 0 Å². The molecule has 4 heterocycles. The van der Waals surface area contributed by atoms with Crippen molar-refractivity contribution in [3.05, 3.63) is 23.3 Å². The zero-order valence-electron chi connectivity index (χ0n) is 16.9.